The Morgan fingerprint density at radius 1 is 1.16 bits per heavy atom. The monoisotopic (exact) mass is 354 g/mol. The van der Waals surface area contributed by atoms with Gasteiger partial charge in [0.2, 0.25) is 6.29 Å². The van der Waals surface area contributed by atoms with E-state index in [1.54, 1.807) is 6.07 Å². The van der Waals surface area contributed by atoms with Gasteiger partial charge in [-0.2, -0.15) is 0 Å². The highest BCUT2D eigenvalue weighted by Gasteiger charge is 2.45. The zero-order valence-corrected chi connectivity index (χ0v) is 14.9. The molecule has 1 aromatic carbocycles. The minimum atomic E-state index is -1.53. The van der Waals surface area contributed by atoms with E-state index in [0.29, 0.717) is 18.6 Å². The minimum Gasteiger partial charge on any atom is -0.462 e. The van der Waals surface area contributed by atoms with Gasteiger partial charge in [-0.25, -0.2) is 0 Å². The van der Waals surface area contributed by atoms with E-state index in [9.17, 15) is 20.1 Å². The minimum absolute atomic E-state index is 0.246. The summed E-state index contributed by atoms with van der Waals surface area (Å²) >= 11 is 0. The Kier molecular flexibility index (Phi) is 6.18. The number of aliphatic hydroxyl groups excluding tert-OH is 3. The van der Waals surface area contributed by atoms with Gasteiger partial charge in [0.05, 0.1) is 12.2 Å². The van der Waals surface area contributed by atoms with Crippen molar-refractivity contribution in [2.24, 2.45) is 0 Å². The Bertz CT molecular complexity index is 596. The zero-order valence-electron chi connectivity index (χ0n) is 14.9. The van der Waals surface area contributed by atoms with Crippen LogP contribution in [0.1, 0.15) is 31.9 Å². The summed E-state index contributed by atoms with van der Waals surface area (Å²) in [6.45, 7) is 8.20. The van der Waals surface area contributed by atoms with Crippen LogP contribution in [0.2, 0.25) is 0 Å². The summed E-state index contributed by atoms with van der Waals surface area (Å²) in [4.78, 5) is 10.9. The van der Waals surface area contributed by atoms with Crippen LogP contribution in [0.3, 0.4) is 0 Å². The van der Waals surface area contributed by atoms with Crippen molar-refractivity contribution in [2.45, 2.75) is 70.6 Å². The molecule has 0 spiro atoms. The summed E-state index contributed by atoms with van der Waals surface area (Å²) in [7, 11) is 0. The van der Waals surface area contributed by atoms with Crippen LogP contribution < -0.4 is 4.74 Å². The molecule has 1 heterocycles. The first-order valence-corrected chi connectivity index (χ1v) is 8.17. The van der Waals surface area contributed by atoms with Crippen molar-refractivity contribution in [3.05, 3.63) is 29.3 Å². The predicted octanol–water partition coefficient (Wildman–Crippen LogP) is 0.695. The fourth-order valence-corrected chi connectivity index (χ4v) is 2.44. The highest BCUT2D eigenvalue weighted by atomic mass is 16.7. The standard InChI is InChI=1S/C18H26O7/c1-10-7-11(9-23-18(2,3)4)5-6-12(10)24-17-16(22)15(21)14(20)13(8-19)25-17/h5-8,13-17,20-22H,9H2,1-4H3. The molecule has 1 aliphatic heterocycles. The first-order chi connectivity index (χ1) is 11.6. The van der Waals surface area contributed by atoms with Crippen LogP contribution in [0.25, 0.3) is 0 Å². The molecule has 2 rings (SSSR count). The largest absolute Gasteiger partial charge is 0.462 e. The normalized spacial score (nSPS) is 30.1. The molecule has 0 aliphatic carbocycles. The predicted molar refractivity (Wildman–Crippen MR) is 89.1 cm³/mol. The number of aldehydes is 1. The number of carbonyl (C=O) groups excluding carboxylic acids is 1. The van der Waals surface area contributed by atoms with E-state index in [0.717, 1.165) is 11.1 Å². The second-order valence-electron chi connectivity index (χ2n) is 7.20. The lowest BCUT2D eigenvalue weighted by Gasteiger charge is -2.38. The number of hydrogen-bond acceptors (Lipinski definition) is 7. The maximum absolute atomic E-state index is 10.9. The smallest absolute Gasteiger partial charge is 0.229 e. The van der Waals surface area contributed by atoms with Gasteiger partial charge >= 0.3 is 0 Å². The molecule has 1 aromatic rings. The van der Waals surface area contributed by atoms with Gasteiger partial charge in [0.1, 0.15) is 30.2 Å². The molecule has 7 nitrogen and oxygen atoms in total. The third-order valence-electron chi connectivity index (χ3n) is 3.89. The number of ether oxygens (including phenoxy) is 3. The molecule has 1 fully saturated rings. The maximum atomic E-state index is 10.9. The van der Waals surface area contributed by atoms with Crippen molar-refractivity contribution in [3.63, 3.8) is 0 Å². The van der Waals surface area contributed by atoms with Crippen LogP contribution >= 0.6 is 0 Å². The molecule has 0 amide bonds. The second-order valence-corrected chi connectivity index (χ2v) is 7.20. The van der Waals surface area contributed by atoms with Crippen molar-refractivity contribution in [1.82, 2.24) is 0 Å². The first kappa shape index (κ1) is 19.8. The molecule has 5 unspecified atom stereocenters. The zero-order chi connectivity index (χ0) is 18.8. The Morgan fingerprint density at radius 2 is 1.84 bits per heavy atom. The number of aliphatic hydroxyl groups is 3. The van der Waals surface area contributed by atoms with Crippen molar-refractivity contribution >= 4 is 6.29 Å². The van der Waals surface area contributed by atoms with Crippen LogP contribution in [0.4, 0.5) is 0 Å². The summed E-state index contributed by atoms with van der Waals surface area (Å²) in [6, 6.07) is 5.42. The summed E-state index contributed by atoms with van der Waals surface area (Å²) in [5.74, 6) is 0.441. The Labute approximate surface area is 147 Å². The van der Waals surface area contributed by atoms with Gasteiger partial charge < -0.3 is 34.3 Å². The van der Waals surface area contributed by atoms with E-state index in [1.807, 2.05) is 39.8 Å². The average Bonchev–Trinajstić information content (AvgIpc) is 2.54. The molecule has 7 heteroatoms. The van der Waals surface area contributed by atoms with E-state index in [2.05, 4.69) is 0 Å². The lowest BCUT2D eigenvalue weighted by Crippen LogP contribution is -2.59. The van der Waals surface area contributed by atoms with Gasteiger partial charge in [0.15, 0.2) is 6.29 Å². The lowest BCUT2D eigenvalue weighted by molar-refractivity contribution is -0.263. The summed E-state index contributed by atoms with van der Waals surface area (Å²) < 4.78 is 16.6. The highest BCUT2D eigenvalue weighted by Crippen LogP contribution is 2.27. The number of benzene rings is 1. The SMILES string of the molecule is Cc1cc(COC(C)(C)C)ccc1OC1OC(C=O)C(O)C(O)C1O. The molecule has 1 aliphatic rings. The van der Waals surface area contributed by atoms with Gasteiger partial charge in [-0.1, -0.05) is 12.1 Å². The Morgan fingerprint density at radius 3 is 2.40 bits per heavy atom. The maximum Gasteiger partial charge on any atom is 0.229 e. The fraction of sp³-hybridized carbons (Fsp3) is 0.611. The van der Waals surface area contributed by atoms with E-state index >= 15 is 0 Å². The molecular formula is C18H26O7. The van der Waals surface area contributed by atoms with Gasteiger partial charge in [-0.15, -0.1) is 0 Å². The molecule has 25 heavy (non-hydrogen) atoms. The molecule has 0 bridgehead atoms. The summed E-state index contributed by atoms with van der Waals surface area (Å²) in [5, 5.41) is 29.5. The van der Waals surface area contributed by atoms with Crippen LogP contribution in [0, 0.1) is 6.92 Å². The van der Waals surface area contributed by atoms with Gasteiger partial charge in [-0.05, 0) is 44.9 Å². The van der Waals surface area contributed by atoms with Gasteiger partial charge in [0, 0.05) is 0 Å². The number of rotatable bonds is 5. The topological polar surface area (TPSA) is 105 Å². The number of hydrogen-bond donors (Lipinski definition) is 3. The number of carbonyl (C=O) groups is 1. The molecule has 0 saturated carbocycles. The molecule has 0 radical (unpaired) electrons. The summed E-state index contributed by atoms with van der Waals surface area (Å²) in [6.07, 6.45) is -6.66. The van der Waals surface area contributed by atoms with Crippen molar-refractivity contribution in [3.8, 4) is 5.75 Å². The molecule has 3 N–H and O–H groups in total. The van der Waals surface area contributed by atoms with E-state index < -0.39 is 30.7 Å². The first-order valence-electron chi connectivity index (χ1n) is 8.17. The summed E-state index contributed by atoms with van der Waals surface area (Å²) in [5.41, 5.74) is 1.50. The quantitative estimate of drug-likeness (QED) is 0.668. The molecule has 0 aromatic heterocycles. The van der Waals surface area contributed by atoms with Crippen molar-refractivity contribution in [1.29, 1.82) is 0 Å². The van der Waals surface area contributed by atoms with Crippen molar-refractivity contribution < 1.29 is 34.3 Å². The number of aryl methyl sites for hydroxylation is 1. The third-order valence-corrected chi connectivity index (χ3v) is 3.89. The van der Waals surface area contributed by atoms with Crippen molar-refractivity contribution in [2.75, 3.05) is 0 Å². The van der Waals surface area contributed by atoms with Gasteiger partial charge in [0.25, 0.3) is 0 Å². The molecule has 140 valence electrons. The van der Waals surface area contributed by atoms with Crippen LogP contribution in [0.15, 0.2) is 18.2 Å². The van der Waals surface area contributed by atoms with Crippen LogP contribution in [-0.4, -0.2) is 57.9 Å². The molecule has 1 saturated heterocycles. The highest BCUT2D eigenvalue weighted by molar-refractivity contribution is 5.57. The third kappa shape index (κ3) is 4.99. The second kappa shape index (κ2) is 7.80. The van der Waals surface area contributed by atoms with E-state index in [1.165, 1.54) is 0 Å². The fourth-order valence-electron chi connectivity index (χ4n) is 2.44. The lowest BCUT2D eigenvalue weighted by atomic mass is 10.00. The van der Waals surface area contributed by atoms with E-state index in [-0.39, 0.29) is 5.60 Å². The van der Waals surface area contributed by atoms with Crippen LogP contribution in [0.5, 0.6) is 5.75 Å². The Balaban J connectivity index is 2.08. The van der Waals surface area contributed by atoms with Gasteiger partial charge in [-0.3, -0.25) is 0 Å². The molecular weight excluding hydrogens is 328 g/mol. The average molecular weight is 354 g/mol. The molecule has 5 atom stereocenters. The van der Waals surface area contributed by atoms with Crippen LogP contribution in [-0.2, 0) is 20.9 Å². The van der Waals surface area contributed by atoms with E-state index in [4.69, 9.17) is 14.2 Å². The Hall–Kier alpha value is -1.51.